The van der Waals surface area contributed by atoms with Gasteiger partial charge in [0.1, 0.15) is 6.61 Å². The van der Waals surface area contributed by atoms with Crippen molar-refractivity contribution in [3.8, 4) is 5.88 Å². The fraction of sp³-hybridized carbons (Fsp3) is 0.294. The van der Waals surface area contributed by atoms with Crippen LogP contribution < -0.4 is 4.74 Å². The highest BCUT2D eigenvalue weighted by molar-refractivity contribution is 9.10. The smallest absolute Gasteiger partial charge is 0.228 e. The minimum Gasteiger partial charge on any atom is -0.472 e. The molecule has 7 heteroatoms. The zero-order valence-electron chi connectivity index (χ0n) is 13.7. The van der Waals surface area contributed by atoms with Crippen molar-refractivity contribution in [3.63, 3.8) is 0 Å². The molecule has 0 aliphatic rings. The average molecular weight is 398 g/mol. The second-order valence-electron chi connectivity index (χ2n) is 5.23. The third-order valence-corrected chi connectivity index (χ3v) is 3.93. The lowest BCUT2D eigenvalue weighted by molar-refractivity contribution is 0.290. The molecule has 0 unspecified atom stereocenters. The second-order valence-corrected chi connectivity index (χ2v) is 6.09. The number of hydrogen-bond acceptors (Lipinski definition) is 3. The van der Waals surface area contributed by atoms with Gasteiger partial charge in [-0.2, -0.15) is 0 Å². The Kier molecular flexibility index (Phi) is 6.25. The molecule has 1 aromatic carbocycles. The molecule has 2 rings (SSSR count). The largest absolute Gasteiger partial charge is 0.472 e. The van der Waals surface area contributed by atoms with E-state index in [9.17, 15) is 8.78 Å². The molecule has 0 fully saturated rings. The van der Waals surface area contributed by atoms with Crippen molar-refractivity contribution in [1.82, 2.24) is 9.88 Å². The lowest BCUT2D eigenvalue weighted by Crippen LogP contribution is -2.14. The quantitative estimate of drug-likeness (QED) is 0.527. The van der Waals surface area contributed by atoms with Crippen LogP contribution in [0.1, 0.15) is 18.2 Å². The molecule has 0 aliphatic heterocycles. The van der Waals surface area contributed by atoms with Gasteiger partial charge in [0.2, 0.25) is 5.88 Å². The highest BCUT2D eigenvalue weighted by Gasteiger charge is 2.09. The normalized spacial score (nSPS) is 11.1. The van der Waals surface area contributed by atoms with Gasteiger partial charge < -0.3 is 9.64 Å². The van der Waals surface area contributed by atoms with E-state index in [1.54, 1.807) is 6.34 Å². The van der Waals surface area contributed by atoms with Crippen molar-refractivity contribution in [1.29, 1.82) is 0 Å². The van der Waals surface area contributed by atoms with Gasteiger partial charge >= 0.3 is 0 Å². The van der Waals surface area contributed by atoms with Crippen LogP contribution in [0.25, 0.3) is 0 Å². The lowest BCUT2D eigenvalue weighted by atomic mass is 10.2. The highest BCUT2D eigenvalue weighted by atomic mass is 79.9. The molecule has 0 N–H and O–H groups in total. The molecule has 0 bridgehead atoms. The first kappa shape index (κ1) is 18.3. The lowest BCUT2D eigenvalue weighted by Gasteiger charge is -2.11. The van der Waals surface area contributed by atoms with Crippen LogP contribution in [0.2, 0.25) is 0 Å². The summed E-state index contributed by atoms with van der Waals surface area (Å²) in [5.41, 5.74) is 1.95. The minimum absolute atomic E-state index is 0.0867. The van der Waals surface area contributed by atoms with Crippen molar-refractivity contribution >= 4 is 28.0 Å². The van der Waals surface area contributed by atoms with Gasteiger partial charge in [0.05, 0.1) is 22.2 Å². The van der Waals surface area contributed by atoms with Crippen LogP contribution in [-0.2, 0) is 6.61 Å². The maximum Gasteiger partial charge on any atom is 0.228 e. The number of rotatable bonds is 6. The Labute approximate surface area is 148 Å². The Balaban J connectivity index is 2.12. The van der Waals surface area contributed by atoms with Gasteiger partial charge in [-0.25, -0.2) is 18.8 Å². The number of aryl methyl sites for hydroxylation is 1. The first-order chi connectivity index (χ1) is 11.4. The van der Waals surface area contributed by atoms with Crippen molar-refractivity contribution in [2.45, 2.75) is 20.5 Å². The predicted octanol–water partition coefficient (Wildman–Crippen LogP) is 4.62. The third kappa shape index (κ3) is 4.74. The third-order valence-electron chi connectivity index (χ3n) is 3.36. The molecule has 1 heterocycles. The number of benzene rings is 1. The second kappa shape index (κ2) is 8.19. The summed E-state index contributed by atoms with van der Waals surface area (Å²) in [6, 6.07) is 5.46. The molecule has 0 atom stereocenters. The van der Waals surface area contributed by atoms with Crippen molar-refractivity contribution in [2.24, 2.45) is 4.99 Å². The Morgan fingerprint density at radius 2 is 2.04 bits per heavy atom. The summed E-state index contributed by atoms with van der Waals surface area (Å²) in [5.74, 6) is -1.41. The van der Waals surface area contributed by atoms with Gasteiger partial charge in [0.15, 0.2) is 11.6 Å². The topological polar surface area (TPSA) is 37.7 Å². The van der Waals surface area contributed by atoms with Gasteiger partial charge in [0.25, 0.3) is 0 Å². The molecule has 0 radical (unpaired) electrons. The Morgan fingerprint density at radius 1 is 1.29 bits per heavy atom. The number of hydrogen-bond donors (Lipinski definition) is 0. The molecule has 0 aliphatic carbocycles. The Morgan fingerprint density at radius 3 is 2.71 bits per heavy atom. The van der Waals surface area contributed by atoms with E-state index in [1.807, 2.05) is 31.9 Å². The van der Waals surface area contributed by atoms with Crippen LogP contribution in [-0.4, -0.2) is 29.8 Å². The molecule has 0 spiro atoms. The predicted molar refractivity (Wildman–Crippen MR) is 93.8 cm³/mol. The Hall–Kier alpha value is -2.02. The molecule has 2 aromatic rings. The molecule has 128 valence electrons. The number of aliphatic imine (C=N–C) groups is 1. The Bertz CT molecular complexity index is 753. The molecular weight excluding hydrogens is 380 g/mol. The zero-order valence-corrected chi connectivity index (χ0v) is 15.3. The summed E-state index contributed by atoms with van der Waals surface area (Å²) in [4.78, 5) is 10.7. The summed E-state index contributed by atoms with van der Waals surface area (Å²) in [6.45, 7) is 4.80. The van der Waals surface area contributed by atoms with Crippen LogP contribution in [0.4, 0.5) is 14.5 Å². The van der Waals surface area contributed by atoms with E-state index in [-0.39, 0.29) is 6.61 Å². The van der Waals surface area contributed by atoms with E-state index in [2.05, 4.69) is 25.9 Å². The fourth-order valence-corrected chi connectivity index (χ4v) is 2.22. The number of halogens is 3. The monoisotopic (exact) mass is 397 g/mol. The van der Waals surface area contributed by atoms with Gasteiger partial charge in [-0.1, -0.05) is 6.07 Å². The maximum atomic E-state index is 13.2. The molecule has 0 amide bonds. The minimum atomic E-state index is -0.899. The summed E-state index contributed by atoms with van der Waals surface area (Å²) in [7, 11) is 1.93. The summed E-state index contributed by atoms with van der Waals surface area (Å²) < 4.78 is 32.4. The van der Waals surface area contributed by atoms with E-state index >= 15 is 0 Å². The number of ether oxygens (including phenoxy) is 1. The van der Waals surface area contributed by atoms with Gasteiger partial charge in [-0.3, -0.25) is 0 Å². The number of pyridine rings is 1. The van der Waals surface area contributed by atoms with Gasteiger partial charge in [-0.05, 0) is 53.5 Å². The SMILES string of the molecule is CCN(C)/C=N/c1cc(Br)c(OCc2ccc(F)c(F)c2)nc1C. The van der Waals surface area contributed by atoms with Crippen molar-refractivity contribution in [3.05, 3.63) is 51.6 Å². The van der Waals surface area contributed by atoms with Gasteiger partial charge in [0, 0.05) is 13.6 Å². The molecule has 1 aromatic heterocycles. The van der Waals surface area contributed by atoms with Crippen molar-refractivity contribution < 1.29 is 13.5 Å². The van der Waals surface area contributed by atoms with Crippen LogP contribution in [0, 0.1) is 18.6 Å². The number of nitrogens with zero attached hydrogens (tertiary/aromatic N) is 3. The van der Waals surface area contributed by atoms with E-state index in [4.69, 9.17) is 4.74 Å². The van der Waals surface area contributed by atoms with E-state index in [1.165, 1.54) is 6.07 Å². The van der Waals surface area contributed by atoms with Crippen LogP contribution in [0.3, 0.4) is 0 Å². The van der Waals surface area contributed by atoms with Crippen LogP contribution >= 0.6 is 15.9 Å². The molecule has 0 saturated carbocycles. The van der Waals surface area contributed by atoms with Crippen molar-refractivity contribution in [2.75, 3.05) is 13.6 Å². The first-order valence-electron chi connectivity index (χ1n) is 7.39. The molecule has 0 saturated heterocycles. The van der Waals surface area contributed by atoms with Crippen LogP contribution in [0.5, 0.6) is 5.88 Å². The number of aromatic nitrogens is 1. The van der Waals surface area contributed by atoms with Crippen LogP contribution in [0.15, 0.2) is 33.7 Å². The standard InChI is InChI=1S/C17H18BrF2N3O/c1-4-23(3)10-21-16-8-13(18)17(22-11(16)2)24-9-12-5-6-14(19)15(20)7-12/h5-8,10H,4,9H2,1-3H3/b21-10+. The van der Waals surface area contributed by atoms with E-state index < -0.39 is 11.6 Å². The maximum absolute atomic E-state index is 13.2. The highest BCUT2D eigenvalue weighted by Crippen LogP contribution is 2.30. The summed E-state index contributed by atoms with van der Waals surface area (Å²) in [6.07, 6.45) is 1.73. The van der Waals surface area contributed by atoms with E-state index in [0.29, 0.717) is 21.6 Å². The molecule has 24 heavy (non-hydrogen) atoms. The van der Waals surface area contributed by atoms with E-state index in [0.717, 1.165) is 24.4 Å². The first-order valence-corrected chi connectivity index (χ1v) is 8.18. The average Bonchev–Trinajstić information content (AvgIpc) is 2.56. The van der Waals surface area contributed by atoms with Gasteiger partial charge in [-0.15, -0.1) is 0 Å². The zero-order chi connectivity index (χ0) is 17.7. The summed E-state index contributed by atoms with van der Waals surface area (Å²) >= 11 is 3.40. The molecular formula is C17H18BrF2N3O. The summed E-state index contributed by atoms with van der Waals surface area (Å²) in [5, 5.41) is 0. The molecule has 4 nitrogen and oxygen atoms in total. The fourth-order valence-electron chi connectivity index (χ4n) is 1.80.